The van der Waals surface area contributed by atoms with Crippen LogP contribution >= 0.6 is 0 Å². The second-order valence-electron chi connectivity index (χ2n) is 5.97. The summed E-state index contributed by atoms with van der Waals surface area (Å²) in [6.45, 7) is 2.00. The highest BCUT2D eigenvalue weighted by molar-refractivity contribution is 6.06. The molecular formula is C21H18N4O. The van der Waals surface area contributed by atoms with Gasteiger partial charge in [-0.2, -0.15) is 5.10 Å². The van der Waals surface area contributed by atoms with Crippen LogP contribution in [0.4, 0.5) is 5.69 Å². The summed E-state index contributed by atoms with van der Waals surface area (Å²) in [5, 5.41) is 9.57. The van der Waals surface area contributed by atoms with Crippen molar-refractivity contribution >= 4 is 22.4 Å². The number of anilines is 1. The number of hydrogen-bond donors (Lipinski definition) is 1. The summed E-state index contributed by atoms with van der Waals surface area (Å²) in [5.41, 5.74) is 2.16. The number of fused-ring (bicyclic) bond motifs is 1. The van der Waals surface area contributed by atoms with Crippen molar-refractivity contribution in [1.29, 1.82) is 0 Å². The summed E-state index contributed by atoms with van der Waals surface area (Å²) < 4.78 is 1.72. The van der Waals surface area contributed by atoms with Crippen LogP contribution in [-0.4, -0.2) is 20.7 Å². The normalized spacial score (nSPS) is 10.8. The van der Waals surface area contributed by atoms with Crippen molar-refractivity contribution in [3.63, 3.8) is 0 Å². The molecule has 4 rings (SSSR count). The molecule has 2 aromatic heterocycles. The van der Waals surface area contributed by atoms with Crippen molar-refractivity contribution < 1.29 is 4.79 Å². The van der Waals surface area contributed by atoms with E-state index in [4.69, 9.17) is 0 Å². The highest BCUT2D eigenvalue weighted by atomic mass is 16.1. The molecule has 0 spiro atoms. The Morgan fingerprint density at radius 1 is 1.04 bits per heavy atom. The van der Waals surface area contributed by atoms with E-state index in [0.29, 0.717) is 17.8 Å². The van der Waals surface area contributed by atoms with Crippen LogP contribution in [0, 0.1) is 0 Å². The fraction of sp³-hybridized carbons (Fsp3) is 0.0952. The van der Waals surface area contributed by atoms with E-state index in [9.17, 15) is 4.79 Å². The van der Waals surface area contributed by atoms with Gasteiger partial charge in [0.2, 0.25) is 0 Å². The Labute approximate surface area is 151 Å². The molecule has 2 aromatic carbocycles. The van der Waals surface area contributed by atoms with Gasteiger partial charge < -0.3 is 5.32 Å². The number of carbonyl (C=O) groups is 1. The van der Waals surface area contributed by atoms with Gasteiger partial charge in [-0.15, -0.1) is 0 Å². The molecule has 0 radical (unpaired) electrons. The van der Waals surface area contributed by atoms with E-state index in [-0.39, 0.29) is 5.91 Å². The first-order valence-electron chi connectivity index (χ1n) is 8.54. The molecule has 26 heavy (non-hydrogen) atoms. The van der Waals surface area contributed by atoms with Gasteiger partial charge in [-0.05, 0) is 41.5 Å². The zero-order valence-corrected chi connectivity index (χ0v) is 14.4. The summed E-state index contributed by atoms with van der Waals surface area (Å²) in [4.78, 5) is 17.1. The van der Waals surface area contributed by atoms with Crippen LogP contribution < -0.4 is 5.32 Å². The molecule has 1 amide bonds. The van der Waals surface area contributed by atoms with Crippen molar-refractivity contribution in [2.75, 3.05) is 5.32 Å². The maximum atomic E-state index is 12.8. The minimum Gasteiger partial charge on any atom is -0.322 e. The lowest BCUT2D eigenvalue weighted by molar-refractivity contribution is 0.102. The topological polar surface area (TPSA) is 59.8 Å². The van der Waals surface area contributed by atoms with E-state index in [1.807, 2.05) is 67.6 Å². The second kappa shape index (κ2) is 6.80. The van der Waals surface area contributed by atoms with Gasteiger partial charge in [-0.1, -0.05) is 43.3 Å². The van der Waals surface area contributed by atoms with Crippen LogP contribution in [0.15, 0.2) is 73.1 Å². The van der Waals surface area contributed by atoms with E-state index in [1.165, 1.54) is 0 Å². The Kier molecular flexibility index (Phi) is 4.19. The van der Waals surface area contributed by atoms with Crippen LogP contribution in [-0.2, 0) is 6.42 Å². The Hall–Kier alpha value is -3.47. The van der Waals surface area contributed by atoms with Gasteiger partial charge in [-0.3, -0.25) is 4.79 Å². The summed E-state index contributed by atoms with van der Waals surface area (Å²) in [5.74, 6) is 0.536. The van der Waals surface area contributed by atoms with Crippen molar-refractivity contribution in [2.45, 2.75) is 13.3 Å². The molecule has 0 aliphatic rings. The molecule has 0 aliphatic carbocycles. The van der Waals surface area contributed by atoms with Gasteiger partial charge >= 0.3 is 0 Å². The number of nitrogens with zero attached hydrogens (tertiary/aromatic N) is 3. The van der Waals surface area contributed by atoms with Crippen molar-refractivity contribution in [1.82, 2.24) is 14.8 Å². The number of carbonyl (C=O) groups excluding carboxylic acids is 1. The van der Waals surface area contributed by atoms with Gasteiger partial charge in [0.25, 0.3) is 5.91 Å². The van der Waals surface area contributed by atoms with Crippen molar-refractivity contribution in [3.8, 4) is 5.82 Å². The molecule has 2 heterocycles. The third kappa shape index (κ3) is 2.95. The molecule has 1 N–H and O–H groups in total. The standard InChI is InChI=1S/C21H18N4O/c1-2-19-18(14-23-25(19)20-9-5-6-12-22-20)21(26)24-17-11-10-15-7-3-4-8-16(15)13-17/h3-14H,2H2,1H3,(H,24,26). The number of nitrogens with one attached hydrogen (secondary N) is 1. The zero-order valence-electron chi connectivity index (χ0n) is 14.4. The van der Waals surface area contributed by atoms with E-state index in [2.05, 4.69) is 15.4 Å². The lowest BCUT2D eigenvalue weighted by Gasteiger charge is -2.08. The van der Waals surface area contributed by atoms with Gasteiger partial charge in [-0.25, -0.2) is 9.67 Å². The van der Waals surface area contributed by atoms with Crippen LogP contribution in [0.1, 0.15) is 23.0 Å². The van der Waals surface area contributed by atoms with Crippen LogP contribution in [0.25, 0.3) is 16.6 Å². The molecule has 0 aliphatic heterocycles. The fourth-order valence-electron chi connectivity index (χ4n) is 3.05. The van der Waals surface area contributed by atoms with E-state index < -0.39 is 0 Å². The Bertz CT molecular complexity index is 1070. The number of hydrogen-bond acceptors (Lipinski definition) is 3. The monoisotopic (exact) mass is 342 g/mol. The summed E-state index contributed by atoms with van der Waals surface area (Å²) >= 11 is 0. The van der Waals surface area contributed by atoms with Crippen molar-refractivity contribution in [3.05, 3.63) is 84.3 Å². The summed E-state index contributed by atoms with van der Waals surface area (Å²) in [7, 11) is 0. The molecule has 0 atom stereocenters. The molecule has 4 aromatic rings. The minimum absolute atomic E-state index is 0.167. The molecule has 5 heteroatoms. The Morgan fingerprint density at radius 3 is 2.62 bits per heavy atom. The van der Waals surface area contributed by atoms with Gasteiger partial charge in [0.15, 0.2) is 5.82 Å². The number of amides is 1. The Balaban J connectivity index is 1.64. The molecule has 0 saturated heterocycles. The maximum absolute atomic E-state index is 12.8. The first-order valence-corrected chi connectivity index (χ1v) is 8.54. The largest absolute Gasteiger partial charge is 0.322 e. The lowest BCUT2D eigenvalue weighted by atomic mass is 10.1. The second-order valence-corrected chi connectivity index (χ2v) is 5.97. The highest BCUT2D eigenvalue weighted by Gasteiger charge is 2.17. The first-order chi connectivity index (χ1) is 12.8. The predicted octanol–water partition coefficient (Wildman–Crippen LogP) is 4.24. The number of pyridine rings is 1. The average Bonchev–Trinajstić information content (AvgIpc) is 3.13. The van der Waals surface area contributed by atoms with Gasteiger partial charge in [0.1, 0.15) is 0 Å². The van der Waals surface area contributed by atoms with Gasteiger partial charge in [0, 0.05) is 11.9 Å². The molecule has 0 fully saturated rings. The molecule has 0 saturated carbocycles. The van der Waals surface area contributed by atoms with E-state index in [1.54, 1.807) is 17.1 Å². The molecule has 0 unspecified atom stereocenters. The molecule has 128 valence electrons. The predicted molar refractivity (Wildman–Crippen MR) is 103 cm³/mol. The number of aromatic nitrogens is 3. The van der Waals surface area contributed by atoms with Crippen molar-refractivity contribution in [2.24, 2.45) is 0 Å². The van der Waals surface area contributed by atoms with Crippen LogP contribution in [0.3, 0.4) is 0 Å². The fourth-order valence-corrected chi connectivity index (χ4v) is 3.05. The van der Waals surface area contributed by atoms with Gasteiger partial charge in [0.05, 0.1) is 17.5 Å². The summed E-state index contributed by atoms with van der Waals surface area (Å²) in [6.07, 6.45) is 3.99. The lowest BCUT2D eigenvalue weighted by Crippen LogP contribution is -2.14. The summed E-state index contributed by atoms with van der Waals surface area (Å²) in [6, 6.07) is 19.6. The SMILES string of the molecule is CCc1c(C(=O)Nc2ccc3ccccc3c2)cnn1-c1ccccn1. The van der Waals surface area contributed by atoms with E-state index in [0.717, 1.165) is 22.2 Å². The molecule has 0 bridgehead atoms. The van der Waals surface area contributed by atoms with E-state index >= 15 is 0 Å². The average molecular weight is 342 g/mol. The minimum atomic E-state index is -0.167. The maximum Gasteiger partial charge on any atom is 0.259 e. The first kappa shape index (κ1) is 16.0. The molecular weight excluding hydrogens is 324 g/mol. The van der Waals surface area contributed by atoms with Crippen LogP contribution in [0.2, 0.25) is 0 Å². The smallest absolute Gasteiger partial charge is 0.259 e. The van der Waals surface area contributed by atoms with Crippen LogP contribution in [0.5, 0.6) is 0 Å². The number of benzene rings is 2. The Morgan fingerprint density at radius 2 is 1.85 bits per heavy atom. The third-order valence-corrected chi connectivity index (χ3v) is 4.32. The highest BCUT2D eigenvalue weighted by Crippen LogP contribution is 2.21. The quantitative estimate of drug-likeness (QED) is 0.603. The number of rotatable bonds is 4. The third-order valence-electron chi connectivity index (χ3n) is 4.32. The zero-order chi connectivity index (χ0) is 17.9. The molecule has 5 nitrogen and oxygen atoms in total.